The van der Waals surface area contributed by atoms with Crippen LogP contribution in [0.1, 0.15) is 46.0 Å². The monoisotopic (exact) mass is 464 g/mol. The van der Waals surface area contributed by atoms with E-state index in [0.29, 0.717) is 30.4 Å². The Balaban J connectivity index is 1.20. The van der Waals surface area contributed by atoms with Gasteiger partial charge >= 0.3 is 0 Å². The number of guanidine groups is 1. The second kappa shape index (κ2) is 8.07. The third kappa shape index (κ3) is 3.82. The second-order valence-electron chi connectivity index (χ2n) is 11.1. The fraction of sp³-hybridized carbons (Fsp3) is 0.615. The maximum Gasteiger partial charge on any atom is 0.202 e. The smallest absolute Gasteiger partial charge is 0.202 e. The topological polar surface area (TPSA) is 95.7 Å². The summed E-state index contributed by atoms with van der Waals surface area (Å²) in [6, 6.07) is 6.60. The van der Waals surface area contributed by atoms with Crippen LogP contribution in [0.4, 0.5) is 5.69 Å². The molecule has 4 bridgehead atoms. The van der Waals surface area contributed by atoms with Crippen LogP contribution < -0.4 is 16.0 Å². The van der Waals surface area contributed by atoms with Gasteiger partial charge in [-0.15, -0.1) is 0 Å². The Hall–Kier alpha value is -2.42. The van der Waals surface area contributed by atoms with Gasteiger partial charge < -0.3 is 25.0 Å². The number of aromatic nitrogens is 2. The van der Waals surface area contributed by atoms with Crippen molar-refractivity contribution in [1.29, 1.82) is 0 Å². The lowest BCUT2D eigenvalue weighted by molar-refractivity contribution is -0.141. The molecule has 4 aliphatic carbocycles. The molecule has 2 aromatic rings. The van der Waals surface area contributed by atoms with E-state index in [2.05, 4.69) is 57.5 Å². The van der Waals surface area contributed by atoms with Crippen molar-refractivity contribution < 1.29 is 9.84 Å². The Bertz CT molecular complexity index is 1140. The lowest BCUT2D eigenvalue weighted by Gasteiger charge is -2.59. The average Bonchev–Trinajstić information content (AvgIpc) is 3.18. The molecule has 1 aromatic carbocycles. The fourth-order valence-corrected chi connectivity index (χ4v) is 7.06. The molecule has 4 saturated carbocycles. The molecule has 5 aliphatic rings. The molecule has 3 unspecified atom stereocenters. The molecule has 1 aromatic heterocycles. The van der Waals surface area contributed by atoms with E-state index in [0.717, 1.165) is 54.1 Å². The Kier molecular flexibility index (Phi) is 5.24. The van der Waals surface area contributed by atoms with Crippen LogP contribution in [-0.2, 0) is 11.3 Å². The van der Waals surface area contributed by atoms with Gasteiger partial charge in [-0.3, -0.25) is 5.32 Å². The van der Waals surface area contributed by atoms with Crippen LogP contribution in [0.3, 0.4) is 0 Å². The van der Waals surface area contributed by atoms with Crippen LogP contribution in [0.5, 0.6) is 0 Å². The van der Waals surface area contributed by atoms with Crippen LogP contribution in [0.15, 0.2) is 41.3 Å². The largest absolute Gasteiger partial charge is 0.390 e. The number of rotatable bonds is 6. The Morgan fingerprint density at radius 2 is 2.03 bits per heavy atom. The molecular formula is C26H36N6O2. The first-order chi connectivity index (χ1) is 16.3. The Morgan fingerprint density at radius 3 is 2.76 bits per heavy atom. The first-order valence-corrected chi connectivity index (χ1v) is 12.6. The van der Waals surface area contributed by atoms with Gasteiger partial charge in [0, 0.05) is 31.6 Å². The van der Waals surface area contributed by atoms with Gasteiger partial charge in [0.2, 0.25) is 5.96 Å². The van der Waals surface area contributed by atoms with E-state index >= 15 is 0 Å². The molecule has 0 radical (unpaired) electrons. The predicted octanol–water partition coefficient (Wildman–Crippen LogP) is 3.20. The van der Waals surface area contributed by atoms with E-state index in [9.17, 15) is 5.11 Å². The predicted molar refractivity (Wildman–Crippen MR) is 133 cm³/mol. The number of nitrogens with zero attached hydrogens (tertiary/aromatic N) is 3. The Morgan fingerprint density at radius 1 is 1.24 bits per heavy atom. The quantitative estimate of drug-likeness (QED) is 0.524. The van der Waals surface area contributed by atoms with Gasteiger partial charge in [-0.1, -0.05) is 0 Å². The van der Waals surface area contributed by atoms with Crippen LogP contribution in [0.2, 0.25) is 0 Å². The van der Waals surface area contributed by atoms with Gasteiger partial charge in [0.05, 0.1) is 29.6 Å². The summed E-state index contributed by atoms with van der Waals surface area (Å²) in [6.45, 7) is 5.74. The summed E-state index contributed by atoms with van der Waals surface area (Å²) in [5, 5.41) is 21.7. The van der Waals surface area contributed by atoms with Gasteiger partial charge in [0.25, 0.3) is 0 Å². The summed E-state index contributed by atoms with van der Waals surface area (Å²) in [5.41, 5.74) is 3.24. The molecule has 34 heavy (non-hydrogen) atoms. The van der Waals surface area contributed by atoms with Crippen molar-refractivity contribution in [2.45, 2.75) is 69.8 Å². The maximum atomic E-state index is 11.0. The van der Waals surface area contributed by atoms with Crippen molar-refractivity contribution in [2.75, 3.05) is 19.0 Å². The number of anilines is 1. The van der Waals surface area contributed by atoms with Crippen molar-refractivity contribution in [1.82, 2.24) is 20.2 Å². The van der Waals surface area contributed by atoms with Gasteiger partial charge in [0.15, 0.2) is 0 Å². The lowest BCUT2D eigenvalue weighted by atomic mass is 9.52. The van der Waals surface area contributed by atoms with Crippen molar-refractivity contribution in [3.8, 4) is 0 Å². The summed E-state index contributed by atoms with van der Waals surface area (Å²) in [4.78, 5) is 9.65. The fourth-order valence-electron chi connectivity index (χ4n) is 7.06. The number of aliphatic hydroxyl groups is 1. The number of methoxy groups -OCH3 is 1. The standard InChI is InChI=1S/C26H36N6O2/c1-16-14-27-24(29-20-4-5-22-21(10-20)28-15-32(22)6-7-34-3)31-25(16,2)30-23-18-8-17-9-19(23)13-26(33,11-17)12-18/h4-5,10,14-15,17-19,23,30,33H,6-9,11-13H2,1-3H3,(H2,27,29,31). The van der Waals surface area contributed by atoms with E-state index in [4.69, 9.17) is 9.73 Å². The minimum Gasteiger partial charge on any atom is -0.390 e. The molecule has 182 valence electrons. The minimum absolute atomic E-state index is 0.403. The highest BCUT2D eigenvalue weighted by Crippen LogP contribution is 2.56. The molecule has 7 rings (SSSR count). The Labute approximate surface area is 200 Å². The highest BCUT2D eigenvalue weighted by Gasteiger charge is 2.55. The van der Waals surface area contributed by atoms with Crippen molar-refractivity contribution in [2.24, 2.45) is 22.7 Å². The van der Waals surface area contributed by atoms with Gasteiger partial charge in [0.1, 0.15) is 5.66 Å². The van der Waals surface area contributed by atoms with E-state index in [-0.39, 0.29) is 0 Å². The number of nitrogens with one attached hydrogen (secondary N) is 3. The van der Waals surface area contributed by atoms with Crippen LogP contribution >= 0.6 is 0 Å². The molecule has 8 nitrogen and oxygen atoms in total. The van der Waals surface area contributed by atoms with Crippen LogP contribution in [-0.4, -0.2) is 51.6 Å². The average molecular weight is 465 g/mol. The zero-order valence-corrected chi connectivity index (χ0v) is 20.3. The summed E-state index contributed by atoms with van der Waals surface area (Å²) < 4.78 is 7.30. The van der Waals surface area contributed by atoms with Crippen LogP contribution in [0, 0.1) is 17.8 Å². The molecule has 0 spiro atoms. The summed E-state index contributed by atoms with van der Waals surface area (Å²) >= 11 is 0. The third-order valence-corrected chi connectivity index (χ3v) is 8.64. The number of benzene rings is 1. The molecule has 2 heterocycles. The number of hydrogen-bond donors (Lipinski definition) is 4. The summed E-state index contributed by atoms with van der Waals surface area (Å²) in [5.74, 6) is 2.50. The SMILES string of the molecule is COCCn1cnc2cc(NC3=NC(C)(NC4C5CC6CC4CC(O)(C6)C5)C(C)=CN3)ccc21. The highest BCUT2D eigenvalue weighted by atomic mass is 16.5. The molecular weight excluding hydrogens is 428 g/mol. The number of aliphatic imine (C=N–C) groups is 1. The normalized spacial score (nSPS) is 36.4. The number of ether oxygens (including phenoxy) is 1. The molecule has 4 fully saturated rings. The zero-order chi connectivity index (χ0) is 23.5. The second-order valence-corrected chi connectivity index (χ2v) is 11.1. The molecule has 8 heteroatoms. The van der Waals surface area contributed by atoms with E-state index in [1.54, 1.807) is 7.11 Å². The first-order valence-electron chi connectivity index (χ1n) is 12.6. The van der Waals surface area contributed by atoms with Gasteiger partial charge in [-0.2, -0.15) is 0 Å². The zero-order valence-electron chi connectivity index (χ0n) is 20.3. The first kappa shape index (κ1) is 22.1. The van der Waals surface area contributed by atoms with Crippen molar-refractivity contribution in [3.05, 3.63) is 36.3 Å². The molecule has 3 atom stereocenters. The van der Waals surface area contributed by atoms with Gasteiger partial charge in [-0.05, 0) is 87.5 Å². The maximum absolute atomic E-state index is 11.0. The number of imidazole rings is 1. The van der Waals surface area contributed by atoms with Crippen molar-refractivity contribution >= 4 is 22.7 Å². The van der Waals surface area contributed by atoms with E-state index in [1.807, 2.05) is 12.5 Å². The van der Waals surface area contributed by atoms with Crippen LogP contribution in [0.25, 0.3) is 11.0 Å². The van der Waals surface area contributed by atoms with Gasteiger partial charge in [-0.25, -0.2) is 9.98 Å². The molecule has 4 N–H and O–H groups in total. The summed E-state index contributed by atoms with van der Waals surface area (Å²) in [7, 11) is 1.71. The minimum atomic E-state index is -0.484. The number of fused-ring (bicyclic) bond motifs is 1. The molecule has 0 amide bonds. The highest BCUT2D eigenvalue weighted by molar-refractivity contribution is 5.97. The van der Waals surface area contributed by atoms with E-state index in [1.165, 1.54) is 12.8 Å². The molecule has 1 aliphatic heterocycles. The third-order valence-electron chi connectivity index (χ3n) is 8.64. The summed E-state index contributed by atoms with van der Waals surface area (Å²) in [6.07, 6.45) is 9.25. The van der Waals surface area contributed by atoms with Crippen molar-refractivity contribution in [3.63, 3.8) is 0 Å². The molecule has 0 saturated heterocycles. The van der Waals surface area contributed by atoms with E-state index < -0.39 is 11.3 Å². The number of hydrogen-bond acceptors (Lipinski definition) is 7. The lowest BCUT2D eigenvalue weighted by Crippen LogP contribution is -2.64.